The number of aromatic amines is 1. The van der Waals surface area contributed by atoms with E-state index in [1.165, 1.54) is 5.56 Å². The summed E-state index contributed by atoms with van der Waals surface area (Å²) in [5.41, 5.74) is 8.02. The van der Waals surface area contributed by atoms with Crippen molar-refractivity contribution in [1.29, 1.82) is 0 Å². The number of fused-ring (bicyclic) bond motifs is 1. The Labute approximate surface area is 126 Å². The van der Waals surface area contributed by atoms with E-state index in [1.807, 2.05) is 24.7 Å². The number of hydrogen-bond acceptors (Lipinski definition) is 4. The molecule has 0 radical (unpaired) electrons. The summed E-state index contributed by atoms with van der Waals surface area (Å²) >= 11 is 5.94. The molecule has 0 spiro atoms. The van der Waals surface area contributed by atoms with Crippen LogP contribution in [0.3, 0.4) is 0 Å². The van der Waals surface area contributed by atoms with Crippen molar-refractivity contribution in [3.8, 4) is 0 Å². The van der Waals surface area contributed by atoms with Gasteiger partial charge in [0.15, 0.2) is 0 Å². The monoisotopic (exact) mass is 302 g/mol. The second kappa shape index (κ2) is 4.73. The fraction of sp³-hybridized carbons (Fsp3) is 0.357. The molecule has 0 unspecified atom stereocenters. The molecule has 0 aromatic carbocycles. The Hall–Kier alpha value is -2.08. The lowest BCUT2D eigenvalue weighted by Crippen LogP contribution is -2.06. The summed E-state index contributed by atoms with van der Waals surface area (Å²) in [6, 6.07) is 2.37. The van der Waals surface area contributed by atoms with Crippen LogP contribution in [0, 0.1) is 0 Å². The number of nitrogens with zero attached hydrogens (tertiary/aromatic N) is 4. The fourth-order valence-corrected chi connectivity index (χ4v) is 3.49. The van der Waals surface area contributed by atoms with Gasteiger partial charge in [-0.05, 0) is 48.4 Å². The Morgan fingerprint density at radius 1 is 1.33 bits per heavy atom. The number of hydrogen-bond donors (Lipinski definition) is 2. The van der Waals surface area contributed by atoms with E-state index in [2.05, 4.69) is 24.7 Å². The minimum absolute atomic E-state index is 0.198. The van der Waals surface area contributed by atoms with Gasteiger partial charge in [-0.1, -0.05) is 0 Å². The molecule has 3 aromatic rings. The average molecular weight is 303 g/mol. The van der Waals surface area contributed by atoms with E-state index < -0.39 is 0 Å². The summed E-state index contributed by atoms with van der Waals surface area (Å²) in [5.74, 6) is 0.981. The van der Waals surface area contributed by atoms with Crippen LogP contribution in [0.2, 0.25) is 5.28 Å². The summed E-state index contributed by atoms with van der Waals surface area (Å²) in [6.07, 6.45) is 9.27. The van der Waals surface area contributed by atoms with Crippen LogP contribution >= 0.6 is 11.6 Å². The SMILES string of the molecule is Nc1nc(Cl)nc2c1ccn2[C@H]1CC[C@@H](c2cn[nH]c2)C1. The van der Waals surface area contributed by atoms with E-state index in [1.54, 1.807) is 0 Å². The van der Waals surface area contributed by atoms with Gasteiger partial charge in [0.1, 0.15) is 11.5 Å². The maximum atomic E-state index is 5.94. The zero-order valence-electron chi connectivity index (χ0n) is 11.3. The van der Waals surface area contributed by atoms with Crippen LogP contribution in [-0.2, 0) is 0 Å². The van der Waals surface area contributed by atoms with E-state index in [4.69, 9.17) is 17.3 Å². The van der Waals surface area contributed by atoms with Gasteiger partial charge in [0.05, 0.1) is 11.6 Å². The van der Waals surface area contributed by atoms with Crippen LogP contribution in [0.1, 0.15) is 36.8 Å². The molecular formula is C14H15ClN6. The predicted molar refractivity (Wildman–Crippen MR) is 81.2 cm³/mol. The van der Waals surface area contributed by atoms with E-state index in [0.29, 0.717) is 17.8 Å². The number of anilines is 1. The molecule has 0 amide bonds. The van der Waals surface area contributed by atoms with E-state index in [0.717, 1.165) is 30.3 Å². The Bertz CT molecular complexity index is 778. The summed E-state index contributed by atoms with van der Waals surface area (Å²) in [5, 5.41) is 8.00. The molecule has 3 N–H and O–H groups in total. The van der Waals surface area contributed by atoms with Crippen molar-refractivity contribution < 1.29 is 0 Å². The van der Waals surface area contributed by atoms with Crippen molar-refractivity contribution in [3.05, 3.63) is 35.5 Å². The molecule has 4 rings (SSSR count). The van der Waals surface area contributed by atoms with Gasteiger partial charge in [-0.15, -0.1) is 0 Å². The van der Waals surface area contributed by atoms with Crippen LogP contribution in [0.25, 0.3) is 11.0 Å². The Kier molecular flexibility index (Phi) is 2.85. The van der Waals surface area contributed by atoms with Gasteiger partial charge >= 0.3 is 0 Å². The third-order valence-corrected chi connectivity index (χ3v) is 4.53. The molecule has 21 heavy (non-hydrogen) atoms. The topological polar surface area (TPSA) is 85.4 Å². The molecular weight excluding hydrogens is 288 g/mol. The number of halogens is 1. The summed E-state index contributed by atoms with van der Waals surface area (Å²) in [7, 11) is 0. The molecule has 0 saturated heterocycles. The van der Waals surface area contributed by atoms with E-state index in [-0.39, 0.29) is 5.28 Å². The van der Waals surface area contributed by atoms with Crippen LogP contribution in [-0.4, -0.2) is 24.7 Å². The number of aromatic nitrogens is 5. The van der Waals surface area contributed by atoms with Crippen molar-refractivity contribution in [1.82, 2.24) is 24.7 Å². The Morgan fingerprint density at radius 3 is 3.05 bits per heavy atom. The van der Waals surface area contributed by atoms with E-state index in [9.17, 15) is 0 Å². The first kappa shape index (κ1) is 12.6. The third kappa shape index (κ3) is 2.06. The van der Waals surface area contributed by atoms with Gasteiger partial charge in [-0.3, -0.25) is 5.10 Å². The van der Waals surface area contributed by atoms with E-state index >= 15 is 0 Å². The first-order chi connectivity index (χ1) is 10.2. The van der Waals surface area contributed by atoms with Crippen molar-refractivity contribution in [2.24, 2.45) is 0 Å². The standard InChI is InChI=1S/C14H15ClN6/c15-14-19-12(16)11-3-4-21(13(11)20-14)10-2-1-8(5-10)9-6-17-18-7-9/h3-4,6-8,10H,1-2,5H2,(H,17,18)(H2,16,19,20)/t8-,10+/m1/s1. The highest BCUT2D eigenvalue weighted by Crippen LogP contribution is 2.42. The highest BCUT2D eigenvalue weighted by atomic mass is 35.5. The molecule has 0 aliphatic heterocycles. The van der Waals surface area contributed by atoms with Gasteiger partial charge < -0.3 is 10.3 Å². The normalized spacial score (nSPS) is 22.1. The molecule has 1 saturated carbocycles. The van der Waals surface area contributed by atoms with Gasteiger partial charge in [0, 0.05) is 18.4 Å². The number of nitrogens with one attached hydrogen (secondary N) is 1. The number of nitrogens with two attached hydrogens (primary N) is 1. The predicted octanol–water partition coefficient (Wildman–Crippen LogP) is 2.90. The van der Waals surface area contributed by atoms with Crippen molar-refractivity contribution in [3.63, 3.8) is 0 Å². The van der Waals surface area contributed by atoms with Gasteiger partial charge in [0.25, 0.3) is 0 Å². The van der Waals surface area contributed by atoms with Crippen molar-refractivity contribution in [2.45, 2.75) is 31.2 Å². The first-order valence-corrected chi connectivity index (χ1v) is 7.38. The molecule has 0 bridgehead atoms. The minimum atomic E-state index is 0.198. The molecule has 2 atom stereocenters. The number of nitrogen functional groups attached to an aromatic ring is 1. The molecule has 3 aromatic heterocycles. The zero-order valence-corrected chi connectivity index (χ0v) is 12.1. The maximum absolute atomic E-state index is 5.94. The Morgan fingerprint density at radius 2 is 2.24 bits per heavy atom. The van der Waals surface area contributed by atoms with Crippen LogP contribution < -0.4 is 5.73 Å². The zero-order chi connectivity index (χ0) is 14.4. The Balaban J connectivity index is 1.69. The fourth-order valence-electron chi connectivity index (χ4n) is 3.32. The molecule has 1 aliphatic carbocycles. The molecule has 1 fully saturated rings. The lowest BCUT2D eigenvalue weighted by Gasteiger charge is -2.14. The van der Waals surface area contributed by atoms with Crippen molar-refractivity contribution in [2.75, 3.05) is 5.73 Å². The largest absolute Gasteiger partial charge is 0.383 e. The first-order valence-electron chi connectivity index (χ1n) is 7.00. The van der Waals surface area contributed by atoms with Gasteiger partial charge in [-0.25, -0.2) is 4.98 Å². The molecule has 6 nitrogen and oxygen atoms in total. The molecule has 3 heterocycles. The second-order valence-corrected chi connectivity index (χ2v) is 5.87. The smallest absolute Gasteiger partial charge is 0.226 e. The van der Waals surface area contributed by atoms with Crippen LogP contribution in [0.15, 0.2) is 24.7 Å². The highest BCUT2D eigenvalue weighted by Gasteiger charge is 2.28. The quantitative estimate of drug-likeness (QED) is 0.713. The van der Waals surface area contributed by atoms with Crippen LogP contribution in [0.5, 0.6) is 0 Å². The number of H-pyrrole nitrogens is 1. The highest BCUT2D eigenvalue weighted by molar-refractivity contribution is 6.28. The lowest BCUT2D eigenvalue weighted by atomic mass is 10.0. The average Bonchev–Trinajstić information content (AvgIpc) is 3.18. The summed E-state index contributed by atoms with van der Waals surface area (Å²) in [6.45, 7) is 0. The second-order valence-electron chi connectivity index (χ2n) is 5.53. The van der Waals surface area contributed by atoms with Crippen LogP contribution in [0.4, 0.5) is 5.82 Å². The van der Waals surface area contributed by atoms with Gasteiger partial charge in [-0.2, -0.15) is 10.1 Å². The number of rotatable bonds is 2. The maximum Gasteiger partial charge on any atom is 0.226 e. The molecule has 7 heteroatoms. The third-order valence-electron chi connectivity index (χ3n) is 4.36. The minimum Gasteiger partial charge on any atom is -0.383 e. The van der Waals surface area contributed by atoms with Gasteiger partial charge in [0.2, 0.25) is 5.28 Å². The summed E-state index contributed by atoms with van der Waals surface area (Å²) in [4.78, 5) is 8.35. The molecule has 108 valence electrons. The van der Waals surface area contributed by atoms with Crippen molar-refractivity contribution >= 4 is 28.5 Å². The molecule has 1 aliphatic rings. The lowest BCUT2D eigenvalue weighted by molar-refractivity contribution is 0.523. The summed E-state index contributed by atoms with van der Waals surface area (Å²) < 4.78 is 2.18.